The molecule has 0 radical (unpaired) electrons. The van der Waals surface area contributed by atoms with Crippen molar-refractivity contribution >= 4 is 10.0 Å². The molecule has 5 nitrogen and oxygen atoms in total. The Kier molecular flexibility index (Phi) is 5.12. The molecule has 1 atom stereocenters. The number of nitrogens with zero attached hydrogens (tertiary/aromatic N) is 2. The van der Waals surface area contributed by atoms with E-state index in [2.05, 4.69) is 11.9 Å². The fraction of sp³-hybridized carbons (Fsp3) is 0.643. The number of hydrogen-bond acceptors (Lipinski definition) is 4. The first-order valence-corrected chi connectivity index (χ1v) is 8.70. The largest absolute Gasteiger partial charge is 0.326 e. The summed E-state index contributed by atoms with van der Waals surface area (Å²) in [6.45, 7) is 3.07. The third-order valence-electron chi connectivity index (χ3n) is 3.80. The van der Waals surface area contributed by atoms with Crippen LogP contribution >= 0.6 is 0 Å². The van der Waals surface area contributed by atoms with Gasteiger partial charge in [0.15, 0.2) is 5.03 Å². The van der Waals surface area contributed by atoms with Crippen LogP contribution in [0.4, 0.5) is 0 Å². The van der Waals surface area contributed by atoms with E-state index < -0.39 is 10.0 Å². The number of pyridine rings is 1. The molecule has 6 heteroatoms. The Morgan fingerprint density at radius 3 is 2.80 bits per heavy atom. The molecule has 0 amide bonds. The summed E-state index contributed by atoms with van der Waals surface area (Å²) >= 11 is 0. The first-order chi connectivity index (χ1) is 9.59. The molecule has 2 rings (SSSR count). The zero-order valence-corrected chi connectivity index (χ0v) is 12.8. The maximum Gasteiger partial charge on any atom is 0.260 e. The molecule has 0 spiro atoms. The van der Waals surface area contributed by atoms with E-state index in [0.717, 1.165) is 37.7 Å². The number of sulfonamides is 1. The highest BCUT2D eigenvalue weighted by atomic mass is 32.2. The van der Waals surface area contributed by atoms with Gasteiger partial charge >= 0.3 is 0 Å². The lowest BCUT2D eigenvalue weighted by Crippen LogP contribution is -2.43. The van der Waals surface area contributed by atoms with Gasteiger partial charge < -0.3 is 5.73 Å². The maximum atomic E-state index is 12.7. The predicted octanol–water partition coefficient (Wildman–Crippen LogP) is 1.88. The lowest BCUT2D eigenvalue weighted by molar-refractivity contribution is 0.239. The predicted molar refractivity (Wildman–Crippen MR) is 78.6 cm³/mol. The summed E-state index contributed by atoms with van der Waals surface area (Å²) in [4.78, 5) is 4.08. The lowest BCUT2D eigenvalue weighted by Gasteiger charge is -2.34. The topological polar surface area (TPSA) is 76.3 Å². The van der Waals surface area contributed by atoms with E-state index in [0.29, 0.717) is 13.1 Å². The van der Waals surface area contributed by atoms with E-state index in [1.807, 2.05) is 0 Å². The quantitative estimate of drug-likeness (QED) is 0.900. The van der Waals surface area contributed by atoms with Crippen LogP contribution in [0.15, 0.2) is 23.4 Å². The van der Waals surface area contributed by atoms with Crippen LogP contribution in [0.1, 0.15) is 44.6 Å². The minimum Gasteiger partial charge on any atom is -0.326 e. The standard InChI is InChI=1S/C14H23N3O2S/c1-2-5-13-6-3-4-9-17(13)20(18,19)14-8-7-12(10-15)11-16-14/h7-8,11,13H,2-6,9-10,15H2,1H3. The van der Waals surface area contributed by atoms with Crippen molar-refractivity contribution in [2.75, 3.05) is 6.54 Å². The van der Waals surface area contributed by atoms with Crippen molar-refractivity contribution in [1.29, 1.82) is 0 Å². The van der Waals surface area contributed by atoms with Crippen molar-refractivity contribution in [3.8, 4) is 0 Å². The highest BCUT2D eigenvalue weighted by molar-refractivity contribution is 7.89. The molecule has 1 fully saturated rings. The molecule has 2 heterocycles. The zero-order chi connectivity index (χ0) is 14.6. The zero-order valence-electron chi connectivity index (χ0n) is 12.0. The van der Waals surface area contributed by atoms with Gasteiger partial charge in [0.25, 0.3) is 10.0 Å². The summed E-state index contributed by atoms with van der Waals surface area (Å²) in [6, 6.07) is 3.42. The highest BCUT2D eigenvalue weighted by Crippen LogP contribution is 2.26. The monoisotopic (exact) mass is 297 g/mol. The van der Waals surface area contributed by atoms with Crippen LogP contribution in [-0.2, 0) is 16.6 Å². The van der Waals surface area contributed by atoms with E-state index >= 15 is 0 Å². The smallest absolute Gasteiger partial charge is 0.260 e. The fourth-order valence-electron chi connectivity index (χ4n) is 2.72. The van der Waals surface area contributed by atoms with E-state index in [1.54, 1.807) is 22.6 Å². The molecule has 1 aliphatic rings. The Morgan fingerprint density at radius 2 is 2.20 bits per heavy atom. The van der Waals surface area contributed by atoms with E-state index in [-0.39, 0.29) is 11.1 Å². The van der Waals surface area contributed by atoms with Crippen molar-refractivity contribution in [1.82, 2.24) is 9.29 Å². The van der Waals surface area contributed by atoms with Crippen LogP contribution in [0.5, 0.6) is 0 Å². The van der Waals surface area contributed by atoms with Crippen LogP contribution < -0.4 is 5.73 Å². The summed E-state index contributed by atoms with van der Waals surface area (Å²) in [5.74, 6) is 0. The molecular formula is C14H23N3O2S. The van der Waals surface area contributed by atoms with Gasteiger partial charge in [0.05, 0.1) is 0 Å². The molecule has 0 aliphatic carbocycles. The number of hydrogen-bond donors (Lipinski definition) is 1. The van der Waals surface area contributed by atoms with Gasteiger partial charge in [-0.15, -0.1) is 0 Å². The number of aromatic nitrogens is 1. The Morgan fingerprint density at radius 1 is 1.40 bits per heavy atom. The van der Waals surface area contributed by atoms with Gasteiger partial charge in [0.2, 0.25) is 0 Å². The molecule has 2 N–H and O–H groups in total. The van der Waals surface area contributed by atoms with E-state index in [9.17, 15) is 8.42 Å². The van der Waals surface area contributed by atoms with Gasteiger partial charge in [-0.2, -0.15) is 4.31 Å². The molecule has 112 valence electrons. The molecule has 0 bridgehead atoms. The summed E-state index contributed by atoms with van der Waals surface area (Å²) in [5, 5.41) is 0.137. The summed E-state index contributed by atoms with van der Waals surface area (Å²) in [5.41, 5.74) is 6.35. The first-order valence-electron chi connectivity index (χ1n) is 7.26. The number of piperidine rings is 1. The van der Waals surface area contributed by atoms with E-state index in [4.69, 9.17) is 5.73 Å². The molecule has 1 aromatic heterocycles. The second-order valence-electron chi connectivity index (χ2n) is 5.26. The van der Waals surface area contributed by atoms with Gasteiger partial charge in [-0.05, 0) is 30.9 Å². The van der Waals surface area contributed by atoms with Crippen molar-refractivity contribution in [2.45, 2.75) is 56.6 Å². The Balaban J connectivity index is 2.26. The fourth-order valence-corrected chi connectivity index (χ4v) is 4.36. The second-order valence-corrected chi connectivity index (χ2v) is 7.10. The molecular weight excluding hydrogens is 274 g/mol. The van der Waals surface area contributed by atoms with Crippen molar-refractivity contribution in [2.24, 2.45) is 5.73 Å². The summed E-state index contributed by atoms with van der Waals surface area (Å²) in [6.07, 6.45) is 6.45. The van der Waals surface area contributed by atoms with Crippen LogP contribution in [-0.4, -0.2) is 30.3 Å². The summed E-state index contributed by atoms with van der Waals surface area (Å²) in [7, 11) is -3.48. The van der Waals surface area contributed by atoms with E-state index in [1.165, 1.54) is 0 Å². The Labute approximate surface area is 121 Å². The van der Waals surface area contributed by atoms with Gasteiger partial charge in [0.1, 0.15) is 0 Å². The maximum absolute atomic E-state index is 12.7. The SMILES string of the molecule is CCCC1CCCCN1S(=O)(=O)c1ccc(CN)cn1. The van der Waals surface area contributed by atoms with Gasteiger partial charge in [0, 0.05) is 25.3 Å². The molecule has 0 aromatic carbocycles. The minimum absolute atomic E-state index is 0.120. The third-order valence-corrected chi connectivity index (χ3v) is 5.67. The first kappa shape index (κ1) is 15.4. The van der Waals surface area contributed by atoms with Gasteiger partial charge in [-0.25, -0.2) is 13.4 Å². The molecule has 1 unspecified atom stereocenters. The van der Waals surface area contributed by atoms with Crippen molar-refractivity contribution in [3.05, 3.63) is 23.9 Å². The van der Waals surface area contributed by atoms with Gasteiger partial charge in [-0.3, -0.25) is 0 Å². The van der Waals surface area contributed by atoms with Crippen LogP contribution in [0.2, 0.25) is 0 Å². The van der Waals surface area contributed by atoms with Crippen LogP contribution in [0.3, 0.4) is 0 Å². The van der Waals surface area contributed by atoms with Crippen LogP contribution in [0, 0.1) is 0 Å². The normalized spacial score (nSPS) is 21.0. The number of rotatable bonds is 5. The number of nitrogens with two attached hydrogens (primary N) is 1. The molecule has 1 aromatic rings. The average Bonchev–Trinajstić information content (AvgIpc) is 2.48. The second kappa shape index (κ2) is 6.65. The molecule has 0 saturated carbocycles. The average molecular weight is 297 g/mol. The minimum atomic E-state index is -3.48. The summed E-state index contributed by atoms with van der Waals surface area (Å²) < 4.78 is 27.1. The molecule has 1 aliphatic heterocycles. The van der Waals surface area contributed by atoms with Gasteiger partial charge in [-0.1, -0.05) is 25.8 Å². The molecule has 1 saturated heterocycles. The molecule has 20 heavy (non-hydrogen) atoms. The third kappa shape index (κ3) is 3.19. The highest BCUT2D eigenvalue weighted by Gasteiger charge is 2.33. The van der Waals surface area contributed by atoms with Crippen molar-refractivity contribution < 1.29 is 8.42 Å². The van der Waals surface area contributed by atoms with Crippen LogP contribution in [0.25, 0.3) is 0 Å². The Bertz CT molecular complexity index is 526. The lowest BCUT2D eigenvalue weighted by atomic mass is 10.0. The van der Waals surface area contributed by atoms with Crippen molar-refractivity contribution in [3.63, 3.8) is 0 Å². The Hall–Kier alpha value is -0.980.